The molecule has 0 N–H and O–H groups in total. The Morgan fingerprint density at radius 2 is 2.29 bits per heavy atom. The molecule has 4 heteroatoms. The molecule has 0 bridgehead atoms. The Bertz CT molecular complexity index is 71.3. The van der Waals surface area contributed by atoms with Gasteiger partial charge in [-0.25, -0.2) is 0 Å². The molecule has 0 aromatic carbocycles. The van der Waals surface area contributed by atoms with E-state index in [1.807, 2.05) is 0 Å². The molecular formula is C3H6N2O2. The van der Waals surface area contributed by atoms with E-state index in [9.17, 15) is 4.91 Å². The van der Waals surface area contributed by atoms with Crippen molar-refractivity contribution >= 4 is 0 Å². The van der Waals surface area contributed by atoms with E-state index in [1.54, 1.807) is 0 Å². The lowest BCUT2D eigenvalue weighted by Gasteiger charge is -2.23. The number of rotatable bonds is 2. The zero-order valence-electron chi connectivity index (χ0n) is 3.83. The van der Waals surface area contributed by atoms with E-state index in [-0.39, 0.29) is 0 Å². The fourth-order valence-corrected chi connectivity index (χ4v) is 0.416. The first-order valence-corrected chi connectivity index (χ1v) is 2.18. The molecular weight excluding hydrogens is 96.0 g/mol. The SMILES string of the molecule is O=NON1CCC1. The molecule has 0 aromatic heterocycles. The van der Waals surface area contributed by atoms with Gasteiger partial charge in [-0.3, -0.25) is 4.94 Å². The van der Waals surface area contributed by atoms with Gasteiger partial charge in [0.25, 0.3) is 0 Å². The molecule has 0 unspecified atom stereocenters. The standard InChI is InChI=1S/C3H6N2O2/c6-4-7-5-2-1-3-5/h1-3H2. The molecule has 1 rings (SSSR count). The van der Waals surface area contributed by atoms with Crippen molar-refractivity contribution in [2.45, 2.75) is 6.42 Å². The van der Waals surface area contributed by atoms with Crippen LogP contribution in [0.2, 0.25) is 0 Å². The van der Waals surface area contributed by atoms with Gasteiger partial charge in [0, 0.05) is 13.1 Å². The average Bonchev–Trinajstić information content (AvgIpc) is 1.55. The first-order chi connectivity index (χ1) is 3.43. The topological polar surface area (TPSA) is 41.9 Å². The van der Waals surface area contributed by atoms with Crippen LogP contribution >= 0.6 is 0 Å². The molecule has 0 aliphatic carbocycles. The van der Waals surface area contributed by atoms with Crippen LogP contribution in [0.1, 0.15) is 6.42 Å². The van der Waals surface area contributed by atoms with Gasteiger partial charge in [0.2, 0.25) is 0 Å². The summed E-state index contributed by atoms with van der Waals surface area (Å²) in [4.78, 5) is 13.5. The van der Waals surface area contributed by atoms with Gasteiger partial charge in [-0.05, 0) is 6.42 Å². The van der Waals surface area contributed by atoms with Crippen LogP contribution in [0.15, 0.2) is 5.34 Å². The zero-order chi connectivity index (χ0) is 5.11. The molecule has 7 heavy (non-hydrogen) atoms. The van der Waals surface area contributed by atoms with Gasteiger partial charge < -0.3 is 0 Å². The average molecular weight is 102 g/mol. The predicted octanol–water partition coefficient (Wildman–Crippen LogP) is 0.305. The smallest absolute Gasteiger partial charge is 0.176 e. The van der Waals surface area contributed by atoms with E-state index in [1.165, 1.54) is 5.06 Å². The number of hydrogen-bond donors (Lipinski definition) is 0. The summed E-state index contributed by atoms with van der Waals surface area (Å²) in [6.45, 7) is 1.68. The van der Waals surface area contributed by atoms with E-state index >= 15 is 0 Å². The van der Waals surface area contributed by atoms with E-state index in [2.05, 4.69) is 10.3 Å². The molecule has 0 spiro atoms. The quantitative estimate of drug-likeness (QED) is 0.372. The van der Waals surface area contributed by atoms with E-state index in [0.717, 1.165) is 19.5 Å². The van der Waals surface area contributed by atoms with Crippen LogP contribution in [0.25, 0.3) is 0 Å². The van der Waals surface area contributed by atoms with Crippen LogP contribution in [-0.4, -0.2) is 18.2 Å². The van der Waals surface area contributed by atoms with Gasteiger partial charge in [-0.15, -0.1) is 9.97 Å². The van der Waals surface area contributed by atoms with Gasteiger partial charge in [0.1, 0.15) is 0 Å². The Morgan fingerprint density at radius 1 is 1.57 bits per heavy atom. The Hall–Kier alpha value is -0.640. The summed E-state index contributed by atoms with van der Waals surface area (Å²) >= 11 is 0. The minimum absolute atomic E-state index is 0.839. The summed E-state index contributed by atoms with van der Waals surface area (Å²) in [6, 6.07) is 0. The third kappa shape index (κ3) is 0.866. The highest BCUT2D eigenvalue weighted by Gasteiger charge is 2.14. The van der Waals surface area contributed by atoms with Crippen molar-refractivity contribution in [1.29, 1.82) is 0 Å². The second-order valence-corrected chi connectivity index (χ2v) is 1.44. The highest BCUT2D eigenvalue weighted by atomic mass is 16.9. The maximum absolute atomic E-state index is 9.29. The van der Waals surface area contributed by atoms with Crippen molar-refractivity contribution < 1.29 is 4.94 Å². The molecule has 40 valence electrons. The summed E-state index contributed by atoms with van der Waals surface area (Å²) in [6.07, 6.45) is 1.11. The molecule has 0 radical (unpaired) electrons. The monoisotopic (exact) mass is 102 g/mol. The van der Waals surface area contributed by atoms with E-state index in [0.29, 0.717) is 0 Å². The maximum atomic E-state index is 9.29. The summed E-state index contributed by atoms with van der Waals surface area (Å²) in [7, 11) is 0. The Kier molecular flexibility index (Phi) is 1.21. The van der Waals surface area contributed by atoms with Gasteiger partial charge in [0.05, 0.1) is 0 Å². The summed E-state index contributed by atoms with van der Waals surface area (Å²) in [5, 5.41) is 3.74. The summed E-state index contributed by atoms with van der Waals surface area (Å²) < 4.78 is 0. The normalized spacial score (nSPS) is 20.6. The Morgan fingerprint density at radius 3 is 2.43 bits per heavy atom. The predicted molar refractivity (Wildman–Crippen MR) is 23.1 cm³/mol. The maximum Gasteiger partial charge on any atom is 0.176 e. The second-order valence-electron chi connectivity index (χ2n) is 1.44. The van der Waals surface area contributed by atoms with Crippen LogP contribution in [0.3, 0.4) is 0 Å². The molecule has 0 saturated carbocycles. The van der Waals surface area contributed by atoms with Crippen LogP contribution in [0.4, 0.5) is 0 Å². The minimum atomic E-state index is 0.839. The third-order valence-corrected chi connectivity index (χ3v) is 0.964. The van der Waals surface area contributed by atoms with Crippen molar-refractivity contribution in [2.75, 3.05) is 13.1 Å². The van der Waals surface area contributed by atoms with Gasteiger partial charge in [-0.2, -0.15) is 0 Å². The minimum Gasteiger partial charge on any atom is -0.260 e. The lowest BCUT2D eigenvalue weighted by atomic mass is 10.3. The third-order valence-electron chi connectivity index (χ3n) is 0.964. The Balaban J connectivity index is 2.03. The van der Waals surface area contributed by atoms with Crippen LogP contribution in [0, 0.1) is 4.91 Å². The van der Waals surface area contributed by atoms with Crippen LogP contribution in [-0.2, 0) is 4.94 Å². The first-order valence-electron chi connectivity index (χ1n) is 2.18. The molecule has 1 aliphatic rings. The van der Waals surface area contributed by atoms with Crippen molar-refractivity contribution in [1.82, 2.24) is 5.06 Å². The second kappa shape index (κ2) is 1.88. The fourth-order valence-electron chi connectivity index (χ4n) is 0.416. The van der Waals surface area contributed by atoms with Crippen LogP contribution < -0.4 is 0 Å². The molecule has 0 amide bonds. The highest BCUT2D eigenvalue weighted by Crippen LogP contribution is 2.04. The molecule has 0 aromatic rings. The Labute approximate surface area is 40.9 Å². The number of hydrogen-bond acceptors (Lipinski definition) is 4. The lowest BCUT2D eigenvalue weighted by molar-refractivity contribution is -0.198. The molecule has 1 heterocycles. The van der Waals surface area contributed by atoms with Crippen molar-refractivity contribution in [3.63, 3.8) is 0 Å². The number of nitrogens with zero attached hydrogens (tertiary/aromatic N) is 2. The number of hydroxylamine groups is 2. The van der Waals surface area contributed by atoms with Crippen molar-refractivity contribution in [3.05, 3.63) is 4.91 Å². The summed E-state index contributed by atoms with van der Waals surface area (Å²) in [5.74, 6) is 0. The molecule has 1 saturated heterocycles. The molecule has 4 nitrogen and oxygen atoms in total. The van der Waals surface area contributed by atoms with Crippen molar-refractivity contribution in [2.24, 2.45) is 5.34 Å². The van der Waals surface area contributed by atoms with Gasteiger partial charge in [-0.1, -0.05) is 0 Å². The lowest BCUT2D eigenvalue weighted by Crippen LogP contribution is -2.35. The van der Waals surface area contributed by atoms with Crippen LogP contribution in [0.5, 0.6) is 0 Å². The van der Waals surface area contributed by atoms with E-state index < -0.39 is 0 Å². The summed E-state index contributed by atoms with van der Waals surface area (Å²) in [5.41, 5.74) is 0. The first kappa shape index (κ1) is 4.52. The molecule has 0 atom stereocenters. The zero-order valence-corrected chi connectivity index (χ0v) is 3.83. The van der Waals surface area contributed by atoms with Crippen molar-refractivity contribution in [3.8, 4) is 0 Å². The molecule has 1 aliphatic heterocycles. The largest absolute Gasteiger partial charge is 0.260 e. The van der Waals surface area contributed by atoms with Gasteiger partial charge in [0.15, 0.2) is 5.34 Å². The highest BCUT2D eigenvalue weighted by molar-refractivity contribution is 4.57. The molecule has 1 fully saturated rings. The van der Waals surface area contributed by atoms with E-state index in [4.69, 9.17) is 0 Å². The van der Waals surface area contributed by atoms with Gasteiger partial charge >= 0.3 is 0 Å². The fraction of sp³-hybridized carbons (Fsp3) is 1.00.